The van der Waals surface area contributed by atoms with Crippen molar-refractivity contribution in [1.29, 1.82) is 5.26 Å². The minimum absolute atomic E-state index is 0.0532. The van der Waals surface area contributed by atoms with E-state index in [9.17, 15) is 0 Å². The predicted octanol–water partition coefficient (Wildman–Crippen LogP) is 3.27. The maximum Gasteiger partial charge on any atom is 0.129 e. The Bertz CT molecular complexity index is 339. The maximum absolute atomic E-state index is 9.09. The largest absolute Gasteiger partial charge is 0.467 e. The van der Waals surface area contributed by atoms with E-state index in [1.54, 1.807) is 6.26 Å². The quantitative estimate of drug-likeness (QED) is 0.733. The van der Waals surface area contributed by atoms with E-state index >= 15 is 0 Å². The van der Waals surface area contributed by atoms with E-state index in [1.165, 1.54) is 12.8 Å². The van der Waals surface area contributed by atoms with Crippen LogP contribution in [-0.4, -0.2) is 6.10 Å². The summed E-state index contributed by atoms with van der Waals surface area (Å²) in [6, 6.07) is 6.12. The van der Waals surface area contributed by atoms with E-state index in [1.807, 2.05) is 12.1 Å². The van der Waals surface area contributed by atoms with Gasteiger partial charge in [0.25, 0.3) is 0 Å². The molecule has 1 aromatic rings. The van der Waals surface area contributed by atoms with Gasteiger partial charge in [-0.25, -0.2) is 0 Å². The number of hydrogen-bond acceptors (Lipinski definition) is 3. The van der Waals surface area contributed by atoms with Gasteiger partial charge in [0.05, 0.1) is 24.4 Å². The van der Waals surface area contributed by atoms with Gasteiger partial charge in [-0.15, -0.1) is 0 Å². The normalized spacial score (nSPS) is 25.9. The Morgan fingerprint density at radius 1 is 1.38 bits per heavy atom. The summed E-state index contributed by atoms with van der Waals surface area (Å²) < 4.78 is 11.0. The monoisotopic (exact) mass is 219 g/mol. The van der Waals surface area contributed by atoms with Crippen LogP contribution in [0.15, 0.2) is 22.8 Å². The van der Waals surface area contributed by atoms with Gasteiger partial charge in [0.1, 0.15) is 12.4 Å². The van der Waals surface area contributed by atoms with E-state index in [0.29, 0.717) is 6.61 Å². The molecule has 1 aliphatic carbocycles. The number of rotatable bonds is 3. The summed E-state index contributed by atoms with van der Waals surface area (Å²) in [4.78, 5) is 0. The molecule has 1 saturated carbocycles. The highest BCUT2D eigenvalue weighted by Crippen LogP contribution is 2.26. The number of nitriles is 1. The molecule has 1 fully saturated rings. The zero-order valence-electron chi connectivity index (χ0n) is 9.39. The van der Waals surface area contributed by atoms with Crippen molar-refractivity contribution in [2.24, 2.45) is 5.92 Å². The number of hydrogen-bond donors (Lipinski definition) is 0. The van der Waals surface area contributed by atoms with E-state index in [2.05, 4.69) is 6.07 Å². The summed E-state index contributed by atoms with van der Waals surface area (Å²) in [6.07, 6.45) is 7.24. The minimum atomic E-state index is 0.0532. The van der Waals surface area contributed by atoms with Gasteiger partial charge in [0, 0.05) is 0 Å². The fraction of sp³-hybridized carbons (Fsp3) is 0.615. The minimum Gasteiger partial charge on any atom is -0.467 e. The van der Waals surface area contributed by atoms with E-state index < -0.39 is 0 Å². The molecule has 0 aromatic carbocycles. The predicted molar refractivity (Wildman–Crippen MR) is 59.5 cm³/mol. The lowest BCUT2D eigenvalue weighted by molar-refractivity contribution is 0.00354. The van der Waals surface area contributed by atoms with Gasteiger partial charge in [0.2, 0.25) is 0 Å². The van der Waals surface area contributed by atoms with Crippen molar-refractivity contribution in [1.82, 2.24) is 0 Å². The van der Waals surface area contributed by atoms with Crippen LogP contribution in [0.1, 0.15) is 37.9 Å². The Hall–Kier alpha value is -1.27. The summed E-state index contributed by atoms with van der Waals surface area (Å²) >= 11 is 0. The molecule has 0 spiro atoms. The lowest BCUT2D eigenvalue weighted by Crippen LogP contribution is -2.21. The molecule has 2 atom stereocenters. The molecule has 0 aliphatic heterocycles. The van der Waals surface area contributed by atoms with Crippen LogP contribution in [0.25, 0.3) is 0 Å². The van der Waals surface area contributed by atoms with Crippen molar-refractivity contribution in [3.63, 3.8) is 0 Å². The zero-order valence-corrected chi connectivity index (χ0v) is 9.39. The Labute approximate surface area is 96.0 Å². The molecule has 16 heavy (non-hydrogen) atoms. The summed E-state index contributed by atoms with van der Waals surface area (Å²) in [5.41, 5.74) is 0. The smallest absolute Gasteiger partial charge is 0.129 e. The van der Waals surface area contributed by atoms with E-state index in [0.717, 1.165) is 25.0 Å². The average Bonchev–Trinajstić information content (AvgIpc) is 2.71. The van der Waals surface area contributed by atoms with E-state index in [-0.39, 0.29) is 12.0 Å². The Morgan fingerprint density at radius 3 is 3.00 bits per heavy atom. The van der Waals surface area contributed by atoms with E-state index in [4.69, 9.17) is 14.4 Å². The molecule has 1 aliphatic rings. The summed E-state index contributed by atoms with van der Waals surface area (Å²) in [5, 5.41) is 9.09. The first kappa shape index (κ1) is 11.2. The second-order valence-corrected chi connectivity index (χ2v) is 4.30. The molecule has 2 unspecified atom stereocenters. The number of ether oxygens (including phenoxy) is 1. The SMILES string of the molecule is N#CC1CCCCCC1OCc1ccco1. The first-order chi connectivity index (χ1) is 7.90. The first-order valence-electron chi connectivity index (χ1n) is 5.94. The van der Waals surface area contributed by atoms with Gasteiger partial charge >= 0.3 is 0 Å². The molecule has 0 bridgehead atoms. The molecule has 0 N–H and O–H groups in total. The van der Waals surface area contributed by atoms with Crippen LogP contribution >= 0.6 is 0 Å². The van der Waals surface area contributed by atoms with Crippen molar-refractivity contribution >= 4 is 0 Å². The third-order valence-electron chi connectivity index (χ3n) is 3.14. The Kier molecular flexibility index (Phi) is 4.01. The summed E-state index contributed by atoms with van der Waals surface area (Å²) in [6.45, 7) is 0.482. The van der Waals surface area contributed by atoms with Crippen LogP contribution in [0.3, 0.4) is 0 Å². The topological polar surface area (TPSA) is 46.2 Å². The molecule has 1 aromatic heterocycles. The van der Waals surface area contributed by atoms with Crippen molar-refractivity contribution in [3.05, 3.63) is 24.2 Å². The molecule has 3 nitrogen and oxygen atoms in total. The van der Waals surface area contributed by atoms with Gasteiger partial charge in [-0.2, -0.15) is 5.26 Å². The van der Waals surface area contributed by atoms with Gasteiger partial charge in [-0.3, -0.25) is 0 Å². The highest BCUT2D eigenvalue weighted by atomic mass is 16.5. The summed E-state index contributed by atoms with van der Waals surface area (Å²) in [5.74, 6) is 0.887. The molecular weight excluding hydrogens is 202 g/mol. The molecule has 0 radical (unpaired) electrons. The van der Waals surface area contributed by atoms with Gasteiger partial charge in [-0.05, 0) is 25.0 Å². The molecule has 0 amide bonds. The van der Waals surface area contributed by atoms with Crippen molar-refractivity contribution in [3.8, 4) is 6.07 Å². The van der Waals surface area contributed by atoms with Crippen LogP contribution in [0, 0.1) is 17.2 Å². The van der Waals surface area contributed by atoms with Crippen LogP contribution in [0.2, 0.25) is 0 Å². The highest BCUT2D eigenvalue weighted by molar-refractivity contribution is 4.97. The third-order valence-corrected chi connectivity index (χ3v) is 3.14. The van der Waals surface area contributed by atoms with Crippen LogP contribution in [-0.2, 0) is 11.3 Å². The standard InChI is InChI=1S/C13H17NO2/c14-9-11-5-2-1-3-7-13(11)16-10-12-6-4-8-15-12/h4,6,8,11,13H,1-3,5,7,10H2. The molecule has 2 rings (SSSR count). The first-order valence-corrected chi connectivity index (χ1v) is 5.94. The average molecular weight is 219 g/mol. The fourth-order valence-electron chi connectivity index (χ4n) is 2.20. The second-order valence-electron chi connectivity index (χ2n) is 4.30. The molecule has 3 heteroatoms. The lowest BCUT2D eigenvalue weighted by atomic mass is 9.99. The van der Waals surface area contributed by atoms with Crippen LogP contribution < -0.4 is 0 Å². The van der Waals surface area contributed by atoms with Gasteiger partial charge in [-0.1, -0.05) is 19.3 Å². The maximum atomic E-state index is 9.09. The zero-order chi connectivity index (χ0) is 11.2. The Balaban J connectivity index is 1.88. The number of nitrogens with zero attached hydrogens (tertiary/aromatic N) is 1. The lowest BCUT2D eigenvalue weighted by Gasteiger charge is -2.19. The molecule has 86 valence electrons. The highest BCUT2D eigenvalue weighted by Gasteiger charge is 2.24. The van der Waals surface area contributed by atoms with Gasteiger partial charge < -0.3 is 9.15 Å². The molecule has 1 heterocycles. The van der Waals surface area contributed by atoms with Gasteiger partial charge in [0.15, 0.2) is 0 Å². The third kappa shape index (κ3) is 2.86. The van der Waals surface area contributed by atoms with Crippen LogP contribution in [0.4, 0.5) is 0 Å². The summed E-state index contributed by atoms with van der Waals surface area (Å²) in [7, 11) is 0. The Morgan fingerprint density at radius 2 is 2.25 bits per heavy atom. The fourth-order valence-corrected chi connectivity index (χ4v) is 2.20. The van der Waals surface area contributed by atoms with Crippen molar-refractivity contribution in [2.45, 2.75) is 44.8 Å². The van der Waals surface area contributed by atoms with Crippen molar-refractivity contribution in [2.75, 3.05) is 0 Å². The second kappa shape index (κ2) is 5.72. The molecular formula is C13H17NO2. The number of furan rings is 1. The molecule has 0 saturated heterocycles. The van der Waals surface area contributed by atoms with Crippen molar-refractivity contribution < 1.29 is 9.15 Å². The van der Waals surface area contributed by atoms with Crippen LogP contribution in [0.5, 0.6) is 0 Å².